The highest BCUT2D eigenvalue weighted by Crippen LogP contribution is 2.20. The summed E-state index contributed by atoms with van der Waals surface area (Å²) in [6.45, 7) is 6.73. The SMILES string of the molecule is CN=C(NCC1CCN(Cc2cccs2)CC1)NCC(C)Oc1ccccc1F. The van der Waals surface area contributed by atoms with Crippen LogP contribution in [0.5, 0.6) is 5.75 Å². The van der Waals surface area contributed by atoms with Crippen molar-refractivity contribution in [3.05, 3.63) is 52.5 Å². The van der Waals surface area contributed by atoms with Gasteiger partial charge < -0.3 is 15.4 Å². The Morgan fingerprint density at radius 2 is 2.03 bits per heavy atom. The quantitative estimate of drug-likeness (QED) is 0.507. The highest BCUT2D eigenvalue weighted by atomic mass is 32.1. The molecule has 2 heterocycles. The molecule has 0 amide bonds. The number of halogens is 1. The summed E-state index contributed by atoms with van der Waals surface area (Å²) in [5, 5.41) is 8.84. The third-order valence-corrected chi connectivity index (χ3v) is 6.03. The summed E-state index contributed by atoms with van der Waals surface area (Å²) < 4.78 is 19.4. The van der Waals surface area contributed by atoms with Crippen molar-refractivity contribution in [3.63, 3.8) is 0 Å². The number of piperidine rings is 1. The van der Waals surface area contributed by atoms with Gasteiger partial charge in [0.1, 0.15) is 6.10 Å². The Morgan fingerprint density at radius 1 is 1.24 bits per heavy atom. The van der Waals surface area contributed by atoms with E-state index in [1.54, 1.807) is 25.2 Å². The number of thiophene rings is 1. The number of aliphatic imine (C=N–C) groups is 1. The van der Waals surface area contributed by atoms with E-state index in [1.165, 1.54) is 23.8 Å². The molecule has 29 heavy (non-hydrogen) atoms. The maximum Gasteiger partial charge on any atom is 0.191 e. The first-order chi connectivity index (χ1) is 14.1. The lowest BCUT2D eigenvalue weighted by molar-refractivity contribution is 0.179. The third-order valence-electron chi connectivity index (χ3n) is 5.17. The van der Waals surface area contributed by atoms with E-state index in [9.17, 15) is 4.39 Å². The topological polar surface area (TPSA) is 48.9 Å². The molecule has 1 aliphatic rings. The van der Waals surface area contributed by atoms with Crippen molar-refractivity contribution in [2.75, 3.05) is 33.2 Å². The van der Waals surface area contributed by atoms with Gasteiger partial charge in [0.2, 0.25) is 0 Å². The maximum absolute atomic E-state index is 13.7. The molecule has 7 heteroatoms. The van der Waals surface area contributed by atoms with Crippen LogP contribution in [0.1, 0.15) is 24.6 Å². The Labute approximate surface area is 177 Å². The maximum atomic E-state index is 13.7. The van der Waals surface area contributed by atoms with Crippen molar-refractivity contribution < 1.29 is 9.13 Å². The number of hydrogen-bond acceptors (Lipinski definition) is 4. The molecule has 0 aliphatic carbocycles. The zero-order chi connectivity index (χ0) is 20.5. The van der Waals surface area contributed by atoms with Crippen LogP contribution in [-0.4, -0.2) is 50.2 Å². The highest BCUT2D eigenvalue weighted by molar-refractivity contribution is 7.09. The van der Waals surface area contributed by atoms with Crippen LogP contribution in [0.3, 0.4) is 0 Å². The lowest BCUT2D eigenvalue weighted by Crippen LogP contribution is -2.45. The van der Waals surface area contributed by atoms with Crippen molar-refractivity contribution in [1.29, 1.82) is 0 Å². The standard InChI is InChI=1S/C22H31FN4OS/c1-17(28-21-8-4-3-7-20(21)23)14-25-22(24-2)26-15-18-9-11-27(12-10-18)16-19-6-5-13-29-19/h3-8,13,17-18H,9-12,14-16H2,1-2H3,(H2,24,25,26). The Balaban J connectivity index is 1.33. The highest BCUT2D eigenvalue weighted by Gasteiger charge is 2.19. The largest absolute Gasteiger partial charge is 0.486 e. The molecule has 1 aromatic heterocycles. The molecule has 0 bridgehead atoms. The summed E-state index contributed by atoms with van der Waals surface area (Å²) in [4.78, 5) is 8.27. The molecule has 0 spiro atoms. The average molecular weight is 419 g/mol. The minimum absolute atomic E-state index is 0.175. The van der Waals surface area contributed by atoms with E-state index in [4.69, 9.17) is 4.74 Å². The molecule has 0 saturated carbocycles. The normalized spacial score (nSPS) is 17.1. The van der Waals surface area contributed by atoms with E-state index in [1.807, 2.05) is 18.3 Å². The number of nitrogens with zero attached hydrogens (tertiary/aromatic N) is 2. The van der Waals surface area contributed by atoms with Crippen LogP contribution in [0.15, 0.2) is 46.8 Å². The molecule has 1 aromatic carbocycles. The van der Waals surface area contributed by atoms with Crippen LogP contribution < -0.4 is 15.4 Å². The van der Waals surface area contributed by atoms with Crippen LogP contribution in [0, 0.1) is 11.7 Å². The summed E-state index contributed by atoms with van der Waals surface area (Å²) >= 11 is 1.83. The van der Waals surface area contributed by atoms with Gasteiger partial charge >= 0.3 is 0 Å². The first-order valence-electron chi connectivity index (χ1n) is 10.2. The molecule has 2 aromatic rings. The first-order valence-corrected chi connectivity index (χ1v) is 11.1. The van der Waals surface area contributed by atoms with Crippen LogP contribution in [0.25, 0.3) is 0 Å². The fourth-order valence-corrected chi connectivity index (χ4v) is 4.22. The number of guanidine groups is 1. The Hall–Kier alpha value is -2.12. The predicted octanol–water partition coefficient (Wildman–Crippen LogP) is 3.73. The van der Waals surface area contributed by atoms with Gasteiger partial charge in [0.05, 0.1) is 6.54 Å². The van der Waals surface area contributed by atoms with Crippen LogP contribution in [0.2, 0.25) is 0 Å². The van der Waals surface area contributed by atoms with Crippen LogP contribution in [0.4, 0.5) is 4.39 Å². The van der Waals surface area contributed by atoms with Gasteiger partial charge in [-0.05, 0) is 62.4 Å². The number of para-hydroxylation sites is 1. The predicted molar refractivity (Wildman–Crippen MR) is 118 cm³/mol. The van der Waals surface area contributed by atoms with E-state index >= 15 is 0 Å². The molecule has 2 N–H and O–H groups in total. The van der Waals surface area contributed by atoms with Gasteiger partial charge in [-0.15, -0.1) is 11.3 Å². The molecule has 1 saturated heterocycles. The van der Waals surface area contributed by atoms with E-state index in [-0.39, 0.29) is 17.7 Å². The van der Waals surface area contributed by atoms with Crippen molar-refractivity contribution in [3.8, 4) is 5.75 Å². The number of likely N-dealkylation sites (tertiary alicyclic amines) is 1. The Bertz CT molecular complexity index is 760. The van der Waals surface area contributed by atoms with Crippen molar-refractivity contribution in [2.24, 2.45) is 10.9 Å². The average Bonchev–Trinajstić information content (AvgIpc) is 3.24. The van der Waals surface area contributed by atoms with Gasteiger partial charge in [-0.25, -0.2) is 4.39 Å². The van der Waals surface area contributed by atoms with Crippen LogP contribution in [-0.2, 0) is 6.54 Å². The monoisotopic (exact) mass is 418 g/mol. The van der Waals surface area contributed by atoms with Crippen molar-refractivity contribution >= 4 is 17.3 Å². The van der Waals surface area contributed by atoms with Gasteiger partial charge in [-0.2, -0.15) is 0 Å². The number of hydrogen-bond donors (Lipinski definition) is 2. The van der Waals surface area contributed by atoms with E-state index in [2.05, 4.69) is 38.0 Å². The molecule has 5 nitrogen and oxygen atoms in total. The smallest absolute Gasteiger partial charge is 0.191 e. The zero-order valence-electron chi connectivity index (χ0n) is 17.2. The second-order valence-corrected chi connectivity index (χ2v) is 8.52. The Kier molecular flexibility index (Phi) is 8.31. The fourth-order valence-electron chi connectivity index (χ4n) is 3.47. The summed E-state index contributed by atoms with van der Waals surface area (Å²) in [6, 6.07) is 10.8. The molecule has 1 fully saturated rings. The number of rotatable bonds is 8. The first kappa shape index (κ1) is 21.6. The minimum Gasteiger partial charge on any atom is -0.486 e. The molecule has 158 valence electrons. The minimum atomic E-state index is -0.340. The Morgan fingerprint density at radius 3 is 2.72 bits per heavy atom. The van der Waals surface area contributed by atoms with Crippen molar-refractivity contribution in [2.45, 2.75) is 32.4 Å². The molecule has 3 rings (SSSR count). The van der Waals surface area contributed by atoms with E-state index < -0.39 is 0 Å². The zero-order valence-corrected chi connectivity index (χ0v) is 18.1. The number of nitrogens with one attached hydrogen (secondary N) is 2. The molecular weight excluding hydrogens is 387 g/mol. The van der Waals surface area contributed by atoms with Crippen molar-refractivity contribution in [1.82, 2.24) is 15.5 Å². The van der Waals surface area contributed by atoms with E-state index in [0.717, 1.165) is 32.1 Å². The van der Waals surface area contributed by atoms with Crippen LogP contribution >= 0.6 is 11.3 Å². The summed E-state index contributed by atoms with van der Waals surface area (Å²) in [6.07, 6.45) is 2.22. The summed E-state index contributed by atoms with van der Waals surface area (Å²) in [7, 11) is 1.77. The molecular formula is C22H31FN4OS. The van der Waals surface area contributed by atoms with Gasteiger partial charge in [0.15, 0.2) is 17.5 Å². The summed E-state index contributed by atoms with van der Waals surface area (Å²) in [5.41, 5.74) is 0. The van der Waals surface area contributed by atoms with Gasteiger partial charge in [0.25, 0.3) is 0 Å². The third kappa shape index (κ3) is 7.01. The van der Waals surface area contributed by atoms with Gasteiger partial charge in [0, 0.05) is 25.0 Å². The summed E-state index contributed by atoms with van der Waals surface area (Å²) in [5.74, 6) is 1.35. The van der Waals surface area contributed by atoms with Gasteiger partial charge in [-0.1, -0.05) is 18.2 Å². The number of benzene rings is 1. The lowest BCUT2D eigenvalue weighted by atomic mass is 9.97. The fraction of sp³-hybridized carbons (Fsp3) is 0.500. The molecule has 1 atom stereocenters. The number of ether oxygens (including phenoxy) is 1. The molecule has 0 radical (unpaired) electrons. The second kappa shape index (κ2) is 11.2. The van der Waals surface area contributed by atoms with E-state index in [0.29, 0.717) is 12.5 Å². The lowest BCUT2D eigenvalue weighted by Gasteiger charge is -2.32. The molecule has 1 unspecified atom stereocenters. The molecule has 1 aliphatic heterocycles. The second-order valence-electron chi connectivity index (χ2n) is 7.49. The van der Waals surface area contributed by atoms with Gasteiger partial charge in [-0.3, -0.25) is 9.89 Å².